The van der Waals surface area contributed by atoms with Crippen molar-refractivity contribution < 1.29 is 13.2 Å². The van der Waals surface area contributed by atoms with Crippen molar-refractivity contribution in [2.45, 2.75) is 22.6 Å². The minimum atomic E-state index is -3.58. The van der Waals surface area contributed by atoms with Gasteiger partial charge in [0.2, 0.25) is 15.9 Å². The highest BCUT2D eigenvalue weighted by molar-refractivity contribution is 7.99. The molecule has 0 aliphatic carbocycles. The van der Waals surface area contributed by atoms with E-state index in [1.807, 2.05) is 12.3 Å². The van der Waals surface area contributed by atoms with Crippen LogP contribution >= 0.6 is 35.0 Å². The second kappa shape index (κ2) is 9.05. The highest BCUT2D eigenvalue weighted by atomic mass is 35.5. The van der Waals surface area contributed by atoms with E-state index in [4.69, 9.17) is 23.2 Å². The summed E-state index contributed by atoms with van der Waals surface area (Å²) in [7, 11) is -3.58. The Hall–Kier alpha value is -1.25. The van der Waals surface area contributed by atoms with E-state index in [0.29, 0.717) is 46.6 Å². The molecule has 0 unspecified atom stereocenters. The molecule has 2 aromatic rings. The van der Waals surface area contributed by atoms with E-state index in [1.165, 1.54) is 16.1 Å². The van der Waals surface area contributed by atoms with Gasteiger partial charge in [-0.1, -0.05) is 41.4 Å². The van der Waals surface area contributed by atoms with Gasteiger partial charge in [0.25, 0.3) is 0 Å². The molecule has 0 atom stereocenters. The normalized spacial score (nSPS) is 16.1. The largest absolute Gasteiger partial charge is 0.324 e. The fourth-order valence-electron chi connectivity index (χ4n) is 3.16. The molecule has 1 aliphatic rings. The number of hydrogen-bond donors (Lipinski definition) is 1. The quantitative estimate of drug-likeness (QED) is 0.656. The summed E-state index contributed by atoms with van der Waals surface area (Å²) < 4.78 is 27.4. The van der Waals surface area contributed by atoms with Crippen molar-refractivity contribution in [2.75, 3.05) is 24.7 Å². The SMILES string of the molecule is CSc1ccccc1S(=O)(=O)N1CCC(C(=O)Nc2cccc(Cl)c2Cl)CC1. The van der Waals surface area contributed by atoms with Crippen molar-refractivity contribution in [3.8, 4) is 0 Å². The lowest BCUT2D eigenvalue weighted by Crippen LogP contribution is -2.41. The second-order valence-electron chi connectivity index (χ2n) is 6.42. The van der Waals surface area contributed by atoms with E-state index in [0.717, 1.165) is 4.90 Å². The summed E-state index contributed by atoms with van der Waals surface area (Å²) in [6.07, 6.45) is 2.75. The average Bonchev–Trinajstić information content (AvgIpc) is 2.71. The van der Waals surface area contributed by atoms with Gasteiger partial charge in [-0.05, 0) is 43.4 Å². The van der Waals surface area contributed by atoms with Gasteiger partial charge in [0.05, 0.1) is 20.6 Å². The van der Waals surface area contributed by atoms with E-state index in [2.05, 4.69) is 5.32 Å². The number of amides is 1. The molecule has 0 aromatic heterocycles. The van der Waals surface area contributed by atoms with Gasteiger partial charge in [-0.2, -0.15) is 4.31 Å². The molecule has 2 aromatic carbocycles. The van der Waals surface area contributed by atoms with Crippen LogP contribution in [0.4, 0.5) is 5.69 Å². The molecule has 0 bridgehead atoms. The first-order chi connectivity index (χ1) is 13.3. The van der Waals surface area contributed by atoms with Gasteiger partial charge in [0.15, 0.2) is 0 Å². The van der Waals surface area contributed by atoms with E-state index in [1.54, 1.807) is 36.4 Å². The average molecular weight is 459 g/mol. The van der Waals surface area contributed by atoms with Gasteiger partial charge in [-0.3, -0.25) is 4.79 Å². The van der Waals surface area contributed by atoms with Crippen LogP contribution in [0.25, 0.3) is 0 Å². The second-order valence-corrected chi connectivity index (χ2v) is 9.96. The number of hydrogen-bond acceptors (Lipinski definition) is 4. The van der Waals surface area contributed by atoms with E-state index in [9.17, 15) is 13.2 Å². The molecule has 150 valence electrons. The minimum absolute atomic E-state index is 0.175. The van der Waals surface area contributed by atoms with Gasteiger partial charge < -0.3 is 5.32 Å². The molecule has 1 N–H and O–H groups in total. The first kappa shape index (κ1) is 21.5. The summed E-state index contributed by atoms with van der Waals surface area (Å²) in [6, 6.07) is 12.0. The van der Waals surface area contributed by atoms with E-state index < -0.39 is 10.0 Å². The van der Waals surface area contributed by atoms with Crippen LogP contribution in [0.5, 0.6) is 0 Å². The molecule has 1 saturated heterocycles. The standard InChI is InChI=1S/C19H20Cl2N2O3S2/c1-27-16-7-2-3-8-17(16)28(25,26)23-11-9-13(10-12-23)19(24)22-15-6-4-5-14(20)18(15)21/h2-8,13H,9-12H2,1H3,(H,22,24). The molecule has 5 nitrogen and oxygen atoms in total. The molecule has 0 radical (unpaired) electrons. The van der Waals surface area contributed by atoms with Crippen LogP contribution in [-0.2, 0) is 14.8 Å². The highest BCUT2D eigenvalue weighted by Crippen LogP contribution is 2.32. The molecule has 1 heterocycles. The lowest BCUT2D eigenvalue weighted by atomic mass is 9.97. The van der Waals surface area contributed by atoms with Crippen LogP contribution in [0.1, 0.15) is 12.8 Å². The number of nitrogens with zero attached hydrogens (tertiary/aromatic N) is 1. The predicted octanol–water partition coefficient (Wildman–Crippen LogP) is 4.75. The van der Waals surface area contributed by atoms with Crippen molar-refractivity contribution in [1.29, 1.82) is 0 Å². The monoisotopic (exact) mass is 458 g/mol. The Bertz CT molecular complexity index is 975. The van der Waals surface area contributed by atoms with Gasteiger partial charge in [0.1, 0.15) is 0 Å². The fourth-order valence-corrected chi connectivity index (χ4v) is 6.10. The van der Waals surface area contributed by atoms with Crippen LogP contribution in [-0.4, -0.2) is 38.0 Å². The summed E-state index contributed by atoms with van der Waals surface area (Å²) in [6.45, 7) is 0.596. The van der Waals surface area contributed by atoms with E-state index >= 15 is 0 Å². The molecule has 1 fully saturated rings. The summed E-state index contributed by atoms with van der Waals surface area (Å²) in [5.41, 5.74) is 0.461. The number of carbonyl (C=O) groups excluding carboxylic acids is 1. The number of halogens is 2. The summed E-state index contributed by atoms with van der Waals surface area (Å²) in [5.74, 6) is -0.456. The van der Waals surface area contributed by atoms with Crippen LogP contribution in [0.2, 0.25) is 10.0 Å². The molecular weight excluding hydrogens is 439 g/mol. The Morgan fingerprint density at radius 1 is 1.11 bits per heavy atom. The number of nitrogens with one attached hydrogen (secondary N) is 1. The van der Waals surface area contributed by atoms with Crippen molar-refractivity contribution in [3.05, 3.63) is 52.5 Å². The van der Waals surface area contributed by atoms with Crippen molar-refractivity contribution in [3.63, 3.8) is 0 Å². The smallest absolute Gasteiger partial charge is 0.244 e. The number of piperidine rings is 1. The van der Waals surface area contributed by atoms with Gasteiger partial charge in [-0.25, -0.2) is 8.42 Å². The van der Waals surface area contributed by atoms with Crippen LogP contribution < -0.4 is 5.32 Å². The highest BCUT2D eigenvalue weighted by Gasteiger charge is 2.33. The number of benzene rings is 2. The molecule has 0 spiro atoms. The number of sulfonamides is 1. The zero-order valence-electron chi connectivity index (χ0n) is 15.2. The Morgan fingerprint density at radius 2 is 1.79 bits per heavy atom. The van der Waals surface area contributed by atoms with Crippen LogP contribution in [0.3, 0.4) is 0 Å². The third-order valence-electron chi connectivity index (χ3n) is 4.72. The maximum absolute atomic E-state index is 13.0. The fraction of sp³-hybridized carbons (Fsp3) is 0.316. The number of anilines is 1. The summed E-state index contributed by atoms with van der Waals surface area (Å²) >= 11 is 13.5. The first-order valence-corrected chi connectivity index (χ1v) is 12.1. The Labute approximate surface area is 179 Å². The molecule has 28 heavy (non-hydrogen) atoms. The maximum Gasteiger partial charge on any atom is 0.244 e. The minimum Gasteiger partial charge on any atom is -0.324 e. The third-order valence-corrected chi connectivity index (χ3v) is 8.42. The lowest BCUT2D eigenvalue weighted by Gasteiger charge is -2.31. The Morgan fingerprint density at radius 3 is 2.46 bits per heavy atom. The van der Waals surface area contributed by atoms with Gasteiger partial charge >= 0.3 is 0 Å². The molecule has 1 aliphatic heterocycles. The molecule has 3 rings (SSSR count). The van der Waals surface area contributed by atoms with E-state index in [-0.39, 0.29) is 11.8 Å². The molecular formula is C19H20Cl2N2O3S2. The van der Waals surface area contributed by atoms with Gasteiger partial charge in [0, 0.05) is 23.9 Å². The topological polar surface area (TPSA) is 66.5 Å². The summed E-state index contributed by atoms with van der Waals surface area (Å²) in [5, 5.41) is 3.46. The first-order valence-electron chi connectivity index (χ1n) is 8.72. The molecule has 1 amide bonds. The predicted molar refractivity (Wildman–Crippen MR) is 115 cm³/mol. The zero-order chi connectivity index (χ0) is 20.3. The third kappa shape index (κ3) is 4.49. The molecule has 9 heteroatoms. The Kier molecular flexibility index (Phi) is 6.94. The Balaban J connectivity index is 1.67. The van der Waals surface area contributed by atoms with Crippen molar-refractivity contribution in [2.24, 2.45) is 5.92 Å². The van der Waals surface area contributed by atoms with Crippen molar-refractivity contribution >= 4 is 56.6 Å². The van der Waals surface area contributed by atoms with Crippen LogP contribution in [0.15, 0.2) is 52.3 Å². The van der Waals surface area contributed by atoms with Crippen molar-refractivity contribution in [1.82, 2.24) is 4.31 Å². The van der Waals surface area contributed by atoms with Gasteiger partial charge in [-0.15, -0.1) is 11.8 Å². The van der Waals surface area contributed by atoms with Crippen LogP contribution in [0, 0.1) is 5.92 Å². The number of rotatable bonds is 5. The number of carbonyl (C=O) groups is 1. The summed E-state index contributed by atoms with van der Waals surface area (Å²) in [4.78, 5) is 13.6. The zero-order valence-corrected chi connectivity index (χ0v) is 18.3. The maximum atomic E-state index is 13.0. The number of thioether (sulfide) groups is 1. The lowest BCUT2D eigenvalue weighted by molar-refractivity contribution is -0.120. The molecule has 0 saturated carbocycles.